The summed E-state index contributed by atoms with van der Waals surface area (Å²) in [4.78, 5) is 2.78. The third kappa shape index (κ3) is 4.54. The predicted molar refractivity (Wildman–Crippen MR) is 91.8 cm³/mol. The van der Waals surface area contributed by atoms with E-state index in [1.54, 1.807) is 0 Å². The average molecular weight is 307 g/mol. The highest BCUT2D eigenvalue weighted by Crippen LogP contribution is 2.32. The topological polar surface area (TPSA) is 15.3 Å². The molecule has 1 N–H and O–H groups in total. The first kappa shape index (κ1) is 15.5. The van der Waals surface area contributed by atoms with Gasteiger partial charge in [0.15, 0.2) is 0 Å². The number of thiophene rings is 1. The van der Waals surface area contributed by atoms with Gasteiger partial charge in [-0.25, -0.2) is 0 Å². The van der Waals surface area contributed by atoms with Crippen molar-refractivity contribution in [2.45, 2.75) is 70.5 Å². The summed E-state index contributed by atoms with van der Waals surface area (Å²) in [6, 6.07) is 3.92. The van der Waals surface area contributed by atoms with E-state index in [4.69, 9.17) is 0 Å². The van der Waals surface area contributed by atoms with E-state index in [1.807, 2.05) is 11.3 Å². The Bertz CT molecular complexity index is 399. The van der Waals surface area contributed by atoms with Crippen molar-refractivity contribution in [2.24, 2.45) is 5.92 Å². The van der Waals surface area contributed by atoms with Crippen molar-refractivity contribution in [2.75, 3.05) is 13.1 Å². The SMILES string of the molecule is CCNC1CCCCCC1CN(Cc1ccsc1)C1CC1. The van der Waals surface area contributed by atoms with Gasteiger partial charge in [0.2, 0.25) is 0 Å². The fraction of sp³-hybridized carbons (Fsp3) is 0.778. The number of hydrogen-bond acceptors (Lipinski definition) is 3. The Kier molecular flexibility index (Phi) is 5.73. The Balaban J connectivity index is 1.62. The summed E-state index contributed by atoms with van der Waals surface area (Å²) in [6.07, 6.45) is 9.93. The number of rotatable bonds is 7. The van der Waals surface area contributed by atoms with Gasteiger partial charge in [-0.2, -0.15) is 11.3 Å². The van der Waals surface area contributed by atoms with E-state index in [0.29, 0.717) is 0 Å². The van der Waals surface area contributed by atoms with Crippen molar-refractivity contribution in [1.29, 1.82) is 0 Å². The predicted octanol–water partition coefficient (Wildman–Crippen LogP) is 4.27. The van der Waals surface area contributed by atoms with Gasteiger partial charge in [-0.1, -0.05) is 26.2 Å². The number of hydrogen-bond donors (Lipinski definition) is 1. The van der Waals surface area contributed by atoms with Crippen molar-refractivity contribution in [3.05, 3.63) is 22.4 Å². The van der Waals surface area contributed by atoms with E-state index in [1.165, 1.54) is 63.6 Å². The zero-order chi connectivity index (χ0) is 14.5. The average Bonchev–Trinajstić information content (AvgIpc) is 3.24. The van der Waals surface area contributed by atoms with Crippen LogP contribution in [0.1, 0.15) is 57.4 Å². The van der Waals surface area contributed by atoms with Crippen LogP contribution in [-0.2, 0) is 6.54 Å². The summed E-state index contributed by atoms with van der Waals surface area (Å²) >= 11 is 1.83. The molecule has 0 aliphatic heterocycles. The van der Waals surface area contributed by atoms with Crippen molar-refractivity contribution in [1.82, 2.24) is 10.2 Å². The zero-order valence-corrected chi connectivity index (χ0v) is 14.2. The smallest absolute Gasteiger partial charge is 0.0245 e. The third-order valence-electron chi connectivity index (χ3n) is 5.12. The highest BCUT2D eigenvalue weighted by Gasteiger charge is 2.33. The third-order valence-corrected chi connectivity index (χ3v) is 5.86. The van der Waals surface area contributed by atoms with Crippen LogP contribution < -0.4 is 5.32 Å². The molecule has 1 aromatic heterocycles. The molecule has 0 radical (unpaired) electrons. The summed E-state index contributed by atoms with van der Waals surface area (Å²) in [5.41, 5.74) is 1.51. The monoisotopic (exact) mass is 306 g/mol. The lowest BCUT2D eigenvalue weighted by atomic mass is 9.93. The highest BCUT2D eigenvalue weighted by atomic mass is 32.1. The van der Waals surface area contributed by atoms with E-state index in [0.717, 1.165) is 24.5 Å². The van der Waals surface area contributed by atoms with E-state index in [-0.39, 0.29) is 0 Å². The van der Waals surface area contributed by atoms with Gasteiger partial charge in [0, 0.05) is 25.2 Å². The fourth-order valence-corrected chi connectivity index (χ4v) is 4.49. The molecule has 2 atom stereocenters. The Hall–Kier alpha value is -0.380. The molecule has 2 nitrogen and oxygen atoms in total. The van der Waals surface area contributed by atoms with Crippen molar-refractivity contribution in [3.8, 4) is 0 Å². The summed E-state index contributed by atoms with van der Waals surface area (Å²) in [7, 11) is 0. The van der Waals surface area contributed by atoms with Gasteiger partial charge in [0.05, 0.1) is 0 Å². The van der Waals surface area contributed by atoms with Gasteiger partial charge in [-0.05, 0) is 60.5 Å². The maximum Gasteiger partial charge on any atom is 0.0245 e. The first-order valence-electron chi connectivity index (χ1n) is 8.85. The van der Waals surface area contributed by atoms with Gasteiger partial charge in [0.1, 0.15) is 0 Å². The molecule has 3 heteroatoms. The highest BCUT2D eigenvalue weighted by molar-refractivity contribution is 7.07. The van der Waals surface area contributed by atoms with Crippen molar-refractivity contribution in [3.63, 3.8) is 0 Å². The summed E-state index contributed by atoms with van der Waals surface area (Å²) in [5.74, 6) is 0.853. The molecule has 2 fully saturated rings. The minimum atomic E-state index is 0.751. The van der Waals surface area contributed by atoms with Crippen LogP contribution in [-0.4, -0.2) is 30.1 Å². The van der Waals surface area contributed by atoms with Crippen LogP contribution in [0.15, 0.2) is 16.8 Å². The Morgan fingerprint density at radius 3 is 2.76 bits per heavy atom. The van der Waals surface area contributed by atoms with E-state index in [9.17, 15) is 0 Å². The zero-order valence-electron chi connectivity index (χ0n) is 13.4. The molecule has 0 aromatic carbocycles. The molecule has 2 saturated carbocycles. The largest absolute Gasteiger partial charge is 0.314 e. The summed E-state index contributed by atoms with van der Waals surface area (Å²) in [6.45, 7) is 5.85. The Labute approximate surface area is 133 Å². The Morgan fingerprint density at radius 2 is 2.05 bits per heavy atom. The molecular weight excluding hydrogens is 276 g/mol. The second kappa shape index (κ2) is 7.75. The molecule has 3 rings (SSSR count). The van der Waals surface area contributed by atoms with Gasteiger partial charge >= 0.3 is 0 Å². The molecule has 0 spiro atoms. The molecule has 0 bridgehead atoms. The lowest BCUT2D eigenvalue weighted by Crippen LogP contribution is -2.42. The minimum Gasteiger partial charge on any atom is -0.314 e. The summed E-state index contributed by atoms with van der Waals surface area (Å²) in [5, 5.41) is 8.31. The van der Waals surface area contributed by atoms with Crippen LogP contribution in [0.2, 0.25) is 0 Å². The normalized spacial score (nSPS) is 27.0. The quantitative estimate of drug-likeness (QED) is 0.757. The molecule has 0 amide bonds. The van der Waals surface area contributed by atoms with Crippen LogP contribution in [0.5, 0.6) is 0 Å². The van der Waals surface area contributed by atoms with Gasteiger partial charge in [0.25, 0.3) is 0 Å². The second-order valence-corrected chi connectivity index (χ2v) is 7.63. The van der Waals surface area contributed by atoms with Gasteiger partial charge in [-0.15, -0.1) is 0 Å². The molecule has 2 unspecified atom stereocenters. The minimum absolute atomic E-state index is 0.751. The summed E-state index contributed by atoms with van der Waals surface area (Å²) < 4.78 is 0. The maximum absolute atomic E-state index is 3.77. The molecule has 1 aromatic rings. The van der Waals surface area contributed by atoms with Gasteiger partial charge < -0.3 is 5.32 Å². The van der Waals surface area contributed by atoms with Crippen molar-refractivity contribution >= 4 is 11.3 Å². The molecule has 118 valence electrons. The standard InChI is InChI=1S/C18H30N2S/c1-2-19-18-7-5-3-4-6-16(18)13-20(17-8-9-17)12-15-10-11-21-14-15/h10-11,14,16-19H,2-9,12-13H2,1H3. The van der Waals surface area contributed by atoms with E-state index < -0.39 is 0 Å². The van der Waals surface area contributed by atoms with Crippen LogP contribution in [0.3, 0.4) is 0 Å². The van der Waals surface area contributed by atoms with Gasteiger partial charge in [-0.3, -0.25) is 4.90 Å². The lowest BCUT2D eigenvalue weighted by molar-refractivity contribution is 0.180. The van der Waals surface area contributed by atoms with Crippen LogP contribution >= 0.6 is 11.3 Å². The molecule has 0 saturated heterocycles. The van der Waals surface area contributed by atoms with Crippen LogP contribution in [0, 0.1) is 5.92 Å². The molecule has 2 aliphatic rings. The van der Waals surface area contributed by atoms with Crippen LogP contribution in [0.25, 0.3) is 0 Å². The number of nitrogens with zero attached hydrogens (tertiary/aromatic N) is 1. The molecule has 2 aliphatic carbocycles. The first-order valence-corrected chi connectivity index (χ1v) is 9.79. The maximum atomic E-state index is 3.77. The first-order chi connectivity index (χ1) is 10.4. The van der Waals surface area contributed by atoms with E-state index in [2.05, 4.69) is 34.0 Å². The van der Waals surface area contributed by atoms with E-state index >= 15 is 0 Å². The number of nitrogens with one attached hydrogen (secondary N) is 1. The lowest BCUT2D eigenvalue weighted by Gasteiger charge is -2.32. The Morgan fingerprint density at radius 1 is 1.19 bits per heavy atom. The van der Waals surface area contributed by atoms with Crippen molar-refractivity contribution < 1.29 is 0 Å². The second-order valence-electron chi connectivity index (χ2n) is 6.85. The fourth-order valence-electron chi connectivity index (χ4n) is 3.83. The molecular formula is C18H30N2S. The molecule has 21 heavy (non-hydrogen) atoms. The van der Waals surface area contributed by atoms with Crippen LogP contribution in [0.4, 0.5) is 0 Å². The molecule has 1 heterocycles.